The Kier molecular flexibility index (Phi) is 12.9. The monoisotopic (exact) mass is 922 g/mol. The van der Waals surface area contributed by atoms with Crippen LogP contribution in [-0.4, -0.2) is 107 Å². The van der Waals surface area contributed by atoms with Crippen LogP contribution < -0.4 is 23.7 Å². The SMILES string of the molecule is COc1ccccc1-c1nccc(COc2ccc3cc2C[C@H](C(=O)O)Oc2ncnc4sc(C5=CCCC5)c(c24)-c2c(C)c(Cl)c(c(Cl)c2C)O[C@H](CN2CCN(C)CC2)CO3)n1. The molecule has 6 aromatic rings. The fraction of sp³-hybridized carbons (Fsp3) is 0.354. The van der Waals surface area contributed by atoms with Crippen LogP contribution in [0.5, 0.6) is 28.9 Å². The zero-order valence-electron chi connectivity index (χ0n) is 36.0. The molecule has 16 heteroatoms. The van der Waals surface area contributed by atoms with Crippen molar-refractivity contribution in [3.05, 3.63) is 104 Å². The van der Waals surface area contributed by atoms with Crippen LogP contribution in [0.1, 0.15) is 46.5 Å². The van der Waals surface area contributed by atoms with Gasteiger partial charge >= 0.3 is 5.97 Å². The van der Waals surface area contributed by atoms with Gasteiger partial charge in [-0.05, 0) is 98.8 Å². The summed E-state index contributed by atoms with van der Waals surface area (Å²) in [6.07, 6.45) is 6.22. The Morgan fingerprint density at radius 3 is 2.52 bits per heavy atom. The Hall–Kier alpha value is -5.51. The number of ether oxygens (including phenoxy) is 5. The van der Waals surface area contributed by atoms with Crippen molar-refractivity contribution in [3.63, 3.8) is 0 Å². The molecule has 6 heterocycles. The zero-order valence-corrected chi connectivity index (χ0v) is 38.4. The van der Waals surface area contributed by atoms with E-state index in [2.05, 4.69) is 32.9 Å². The standard InChI is InChI=1S/C48H48Cl2N6O7S/c1-27-38-28(2)42(50)43(41(27)49)62-33(23-56-19-17-55(3)18-20-56)25-60-32-13-14-35(61-24-31-15-16-51-45(54-31)34-11-7-8-12-36(34)59-4)30(21-32)22-37(48(57)58)63-46-40-39(38)44(29-9-5-6-10-29)64-47(40)53-26-52-46/h7-9,11-16,21,26,33,37H,5-6,10,17-20,22-25H2,1-4H3,(H,57,58)/t33-,37-/m1/s1. The molecule has 2 atom stereocenters. The van der Waals surface area contributed by atoms with Gasteiger partial charge in [0.1, 0.15) is 47.7 Å². The van der Waals surface area contributed by atoms with Crippen LogP contribution in [0.3, 0.4) is 0 Å². The van der Waals surface area contributed by atoms with Crippen molar-refractivity contribution in [3.8, 4) is 51.4 Å². The number of allylic oxidation sites excluding steroid dienone is 2. The third-order valence-electron chi connectivity index (χ3n) is 12.0. The van der Waals surface area contributed by atoms with Crippen LogP contribution >= 0.6 is 34.5 Å². The average Bonchev–Trinajstić information content (AvgIpc) is 3.98. The fourth-order valence-electron chi connectivity index (χ4n) is 8.60. The van der Waals surface area contributed by atoms with Crippen molar-refractivity contribution in [1.29, 1.82) is 0 Å². The normalized spacial score (nSPS) is 18.2. The Morgan fingerprint density at radius 1 is 0.969 bits per heavy atom. The maximum atomic E-state index is 13.3. The lowest BCUT2D eigenvalue weighted by atomic mass is 9.91. The topological polar surface area (TPSA) is 141 Å². The number of hydrogen-bond acceptors (Lipinski definition) is 13. The number of carbonyl (C=O) groups is 1. The van der Waals surface area contributed by atoms with Crippen LogP contribution in [0.4, 0.5) is 0 Å². The van der Waals surface area contributed by atoms with E-state index in [9.17, 15) is 9.90 Å². The van der Waals surface area contributed by atoms with Gasteiger partial charge in [-0.15, -0.1) is 11.3 Å². The summed E-state index contributed by atoms with van der Waals surface area (Å²) in [5, 5.41) is 12.2. The molecule has 4 aliphatic rings. The number of aromatic nitrogens is 4. The molecule has 0 spiro atoms. The predicted molar refractivity (Wildman–Crippen MR) is 249 cm³/mol. The Bertz CT molecular complexity index is 2730. The van der Waals surface area contributed by atoms with E-state index in [0.717, 1.165) is 78.1 Å². The first-order chi connectivity index (χ1) is 31.1. The number of para-hydroxylation sites is 1. The molecule has 64 heavy (non-hydrogen) atoms. The number of benzene rings is 3. The molecule has 3 aromatic carbocycles. The van der Waals surface area contributed by atoms with Crippen molar-refractivity contribution in [1.82, 2.24) is 29.7 Å². The highest BCUT2D eigenvalue weighted by atomic mass is 35.5. The summed E-state index contributed by atoms with van der Waals surface area (Å²) in [6.45, 7) is 8.28. The first-order valence-electron chi connectivity index (χ1n) is 21.3. The van der Waals surface area contributed by atoms with Crippen LogP contribution in [-0.2, 0) is 17.8 Å². The summed E-state index contributed by atoms with van der Waals surface area (Å²) >= 11 is 16.2. The number of methoxy groups -OCH3 is 1. The summed E-state index contributed by atoms with van der Waals surface area (Å²) in [7, 11) is 3.73. The first kappa shape index (κ1) is 43.7. The Morgan fingerprint density at radius 2 is 1.77 bits per heavy atom. The van der Waals surface area contributed by atoms with E-state index in [1.165, 1.54) is 23.2 Å². The smallest absolute Gasteiger partial charge is 0.345 e. The summed E-state index contributed by atoms with van der Waals surface area (Å²) in [5.74, 6) is 1.39. The second-order valence-corrected chi connectivity index (χ2v) is 18.1. The van der Waals surface area contributed by atoms with E-state index in [1.807, 2.05) is 38.1 Å². The minimum absolute atomic E-state index is 0.0677. The van der Waals surface area contributed by atoms with Crippen molar-refractivity contribution >= 4 is 56.3 Å². The highest BCUT2D eigenvalue weighted by Crippen LogP contribution is 2.53. The molecule has 10 rings (SSSR count). The highest BCUT2D eigenvalue weighted by Gasteiger charge is 2.32. The van der Waals surface area contributed by atoms with Gasteiger partial charge in [-0.1, -0.05) is 41.4 Å². The lowest BCUT2D eigenvalue weighted by Crippen LogP contribution is -2.49. The largest absolute Gasteiger partial charge is 0.496 e. The van der Waals surface area contributed by atoms with Gasteiger partial charge in [-0.3, -0.25) is 4.90 Å². The number of rotatable bonds is 9. The summed E-state index contributed by atoms with van der Waals surface area (Å²) < 4.78 is 31.9. The van der Waals surface area contributed by atoms with Gasteiger partial charge in [0.15, 0.2) is 11.6 Å². The summed E-state index contributed by atoms with van der Waals surface area (Å²) in [5.41, 5.74) is 6.21. The molecule has 332 valence electrons. The number of hydrogen-bond donors (Lipinski definition) is 1. The van der Waals surface area contributed by atoms with Gasteiger partial charge in [-0.25, -0.2) is 24.7 Å². The van der Waals surface area contributed by atoms with Crippen molar-refractivity contribution in [2.24, 2.45) is 0 Å². The van der Waals surface area contributed by atoms with E-state index < -0.39 is 18.2 Å². The quantitative estimate of drug-likeness (QED) is 0.147. The van der Waals surface area contributed by atoms with E-state index >= 15 is 0 Å². The van der Waals surface area contributed by atoms with Crippen molar-refractivity contribution < 1.29 is 33.6 Å². The average molecular weight is 924 g/mol. The van der Waals surface area contributed by atoms with E-state index in [4.69, 9.17) is 56.9 Å². The molecule has 0 unspecified atom stereocenters. The van der Waals surface area contributed by atoms with Crippen LogP contribution in [0, 0.1) is 13.8 Å². The number of carboxylic acid groups (broad SMARTS) is 1. The maximum Gasteiger partial charge on any atom is 0.345 e. The van der Waals surface area contributed by atoms with E-state index in [-0.39, 0.29) is 25.5 Å². The molecule has 0 saturated carbocycles. The van der Waals surface area contributed by atoms with Gasteiger partial charge in [0.05, 0.1) is 33.8 Å². The molecule has 0 amide bonds. The molecular formula is C48H48Cl2N6O7S. The highest BCUT2D eigenvalue weighted by molar-refractivity contribution is 7.20. The molecule has 13 nitrogen and oxygen atoms in total. The van der Waals surface area contributed by atoms with Crippen molar-refractivity contribution in [2.75, 3.05) is 53.5 Å². The lowest BCUT2D eigenvalue weighted by Gasteiger charge is -2.35. The van der Waals surface area contributed by atoms with Gasteiger partial charge in [0.2, 0.25) is 12.0 Å². The molecule has 1 fully saturated rings. The number of aliphatic carboxylic acids is 1. The molecule has 3 aromatic heterocycles. The third kappa shape index (κ3) is 8.94. The number of carboxylic acids is 1. The number of nitrogens with zero attached hydrogens (tertiary/aromatic N) is 6. The van der Waals surface area contributed by atoms with Crippen LogP contribution in [0.25, 0.3) is 38.3 Å². The molecular weight excluding hydrogens is 876 g/mol. The van der Waals surface area contributed by atoms with Gasteiger partial charge in [0.25, 0.3) is 0 Å². The van der Waals surface area contributed by atoms with Crippen LogP contribution in [0.15, 0.2) is 67.1 Å². The van der Waals surface area contributed by atoms with Gasteiger partial charge in [-0.2, -0.15) is 0 Å². The fourth-order valence-corrected chi connectivity index (χ4v) is 10.3. The van der Waals surface area contributed by atoms with Crippen LogP contribution in [0.2, 0.25) is 10.0 Å². The molecule has 3 aliphatic heterocycles. The molecule has 1 aliphatic carbocycles. The molecule has 1 saturated heterocycles. The Labute approximate surface area is 385 Å². The first-order valence-corrected chi connectivity index (χ1v) is 22.9. The van der Waals surface area contributed by atoms with E-state index in [0.29, 0.717) is 66.9 Å². The minimum atomic E-state index is -1.39. The minimum Gasteiger partial charge on any atom is -0.496 e. The number of halogens is 2. The van der Waals surface area contributed by atoms with Crippen molar-refractivity contribution in [2.45, 2.75) is 58.3 Å². The second-order valence-electron chi connectivity index (χ2n) is 16.3. The van der Waals surface area contributed by atoms with E-state index in [1.54, 1.807) is 37.6 Å². The predicted octanol–water partition coefficient (Wildman–Crippen LogP) is 9.36. The summed E-state index contributed by atoms with van der Waals surface area (Å²) in [4.78, 5) is 38.2. The number of thiophene rings is 1. The van der Waals surface area contributed by atoms with Gasteiger partial charge in [0, 0.05) is 61.3 Å². The summed E-state index contributed by atoms with van der Waals surface area (Å²) in [6, 6.07) is 14.7. The lowest BCUT2D eigenvalue weighted by molar-refractivity contribution is -0.145. The maximum absolute atomic E-state index is 13.3. The number of fused-ring (bicyclic) bond motifs is 7. The van der Waals surface area contributed by atoms with Gasteiger partial charge < -0.3 is 33.7 Å². The molecule has 4 bridgehead atoms. The molecule has 0 radical (unpaired) electrons. The Balaban J connectivity index is 1.15. The third-order valence-corrected chi connectivity index (χ3v) is 14.1. The number of likely N-dealkylation sites (N-methyl/N-ethyl adjacent to an activating group) is 1. The zero-order chi connectivity index (χ0) is 44.5. The molecule has 1 N–H and O–H groups in total. The number of piperazine rings is 1. The second kappa shape index (κ2) is 18.9.